The number of carboxylic acids is 1. The molecule has 2 aromatic rings. The first-order valence-electron chi connectivity index (χ1n) is 6.59. The fourth-order valence-electron chi connectivity index (χ4n) is 2.04. The lowest BCUT2D eigenvalue weighted by Crippen LogP contribution is -2.09. The second-order valence-corrected chi connectivity index (χ2v) is 4.82. The summed E-state index contributed by atoms with van der Waals surface area (Å²) < 4.78 is 0. The maximum Gasteiger partial charge on any atom is 0.339 e. The largest absolute Gasteiger partial charge is 0.478 e. The second kappa shape index (κ2) is 5.77. The normalized spacial score (nSPS) is 10.8. The Labute approximate surface area is 117 Å². The Hall–Kier alpha value is -2.30. The molecule has 0 unspecified atom stereocenters. The Morgan fingerprint density at radius 3 is 2.70 bits per heavy atom. The van der Waals surface area contributed by atoms with Crippen LogP contribution >= 0.6 is 0 Å². The standard InChI is InChI=1S/C15H17N3O2/c1-4-10-6-5-7-16-13(10)14-17-8-11(15(19)20)12(18-14)9(2)3/h5-9H,4H2,1-3H3,(H,19,20). The van der Waals surface area contributed by atoms with E-state index >= 15 is 0 Å². The molecular formula is C15H17N3O2. The van der Waals surface area contributed by atoms with E-state index in [1.807, 2.05) is 32.9 Å². The van der Waals surface area contributed by atoms with Crippen LogP contribution in [0.1, 0.15) is 48.3 Å². The highest BCUT2D eigenvalue weighted by Crippen LogP contribution is 2.22. The highest BCUT2D eigenvalue weighted by molar-refractivity contribution is 5.88. The number of aromatic nitrogens is 3. The van der Waals surface area contributed by atoms with Gasteiger partial charge in [0.05, 0.1) is 11.3 Å². The van der Waals surface area contributed by atoms with Crippen molar-refractivity contribution in [3.8, 4) is 11.5 Å². The fraction of sp³-hybridized carbons (Fsp3) is 0.333. The van der Waals surface area contributed by atoms with Crippen molar-refractivity contribution in [2.75, 3.05) is 0 Å². The van der Waals surface area contributed by atoms with E-state index in [0.717, 1.165) is 12.0 Å². The van der Waals surface area contributed by atoms with Gasteiger partial charge < -0.3 is 5.11 Å². The number of aryl methyl sites for hydroxylation is 1. The van der Waals surface area contributed by atoms with E-state index in [2.05, 4.69) is 15.0 Å². The van der Waals surface area contributed by atoms with Crippen molar-refractivity contribution in [3.63, 3.8) is 0 Å². The number of nitrogens with zero attached hydrogens (tertiary/aromatic N) is 3. The van der Waals surface area contributed by atoms with Gasteiger partial charge in [0, 0.05) is 12.4 Å². The highest BCUT2D eigenvalue weighted by Gasteiger charge is 2.18. The maximum absolute atomic E-state index is 11.2. The summed E-state index contributed by atoms with van der Waals surface area (Å²) in [5.74, 6) is -0.509. The highest BCUT2D eigenvalue weighted by atomic mass is 16.4. The summed E-state index contributed by atoms with van der Waals surface area (Å²) in [5, 5.41) is 9.18. The van der Waals surface area contributed by atoms with Crippen LogP contribution in [0.25, 0.3) is 11.5 Å². The van der Waals surface area contributed by atoms with Crippen LogP contribution in [0.2, 0.25) is 0 Å². The fourth-order valence-corrected chi connectivity index (χ4v) is 2.04. The molecule has 0 bridgehead atoms. The molecule has 5 nitrogen and oxygen atoms in total. The Kier molecular flexibility index (Phi) is 4.08. The molecule has 1 N–H and O–H groups in total. The minimum Gasteiger partial charge on any atom is -0.478 e. The predicted octanol–water partition coefficient (Wildman–Crippen LogP) is 2.92. The summed E-state index contributed by atoms with van der Waals surface area (Å²) in [6.45, 7) is 5.87. The van der Waals surface area contributed by atoms with Gasteiger partial charge in [0.1, 0.15) is 5.69 Å². The Bertz CT molecular complexity index is 639. The molecule has 0 atom stereocenters. The molecule has 0 aromatic carbocycles. The van der Waals surface area contributed by atoms with Gasteiger partial charge in [0.15, 0.2) is 5.82 Å². The number of pyridine rings is 1. The number of rotatable bonds is 4. The van der Waals surface area contributed by atoms with E-state index < -0.39 is 5.97 Å². The summed E-state index contributed by atoms with van der Waals surface area (Å²) in [7, 11) is 0. The SMILES string of the molecule is CCc1cccnc1-c1ncc(C(=O)O)c(C(C)C)n1. The monoisotopic (exact) mass is 271 g/mol. The van der Waals surface area contributed by atoms with Crippen LogP contribution in [0.5, 0.6) is 0 Å². The molecule has 0 fully saturated rings. The molecule has 0 aliphatic heterocycles. The zero-order valence-corrected chi connectivity index (χ0v) is 11.8. The van der Waals surface area contributed by atoms with E-state index in [0.29, 0.717) is 17.2 Å². The molecule has 0 aliphatic carbocycles. The molecule has 2 rings (SSSR count). The molecule has 0 saturated heterocycles. The van der Waals surface area contributed by atoms with Crippen molar-refractivity contribution in [3.05, 3.63) is 41.3 Å². The van der Waals surface area contributed by atoms with Crippen molar-refractivity contribution in [1.82, 2.24) is 15.0 Å². The minimum atomic E-state index is -1.00. The van der Waals surface area contributed by atoms with Crippen LogP contribution in [-0.4, -0.2) is 26.0 Å². The van der Waals surface area contributed by atoms with Gasteiger partial charge in [0.2, 0.25) is 0 Å². The van der Waals surface area contributed by atoms with Crippen molar-refractivity contribution < 1.29 is 9.90 Å². The van der Waals surface area contributed by atoms with Crippen LogP contribution in [0, 0.1) is 0 Å². The van der Waals surface area contributed by atoms with Crippen LogP contribution in [0.3, 0.4) is 0 Å². The molecule has 0 saturated carbocycles. The van der Waals surface area contributed by atoms with Gasteiger partial charge in [-0.2, -0.15) is 0 Å². The molecule has 2 heterocycles. The average molecular weight is 271 g/mol. The molecule has 104 valence electrons. The average Bonchev–Trinajstić information content (AvgIpc) is 2.46. The number of aromatic carboxylic acids is 1. The third-order valence-electron chi connectivity index (χ3n) is 3.08. The number of hydrogen-bond donors (Lipinski definition) is 1. The summed E-state index contributed by atoms with van der Waals surface area (Å²) in [6.07, 6.45) is 3.89. The van der Waals surface area contributed by atoms with Gasteiger partial charge in [-0.1, -0.05) is 26.8 Å². The first kappa shape index (κ1) is 14.1. The van der Waals surface area contributed by atoms with E-state index in [-0.39, 0.29) is 11.5 Å². The molecule has 0 aliphatic rings. The Morgan fingerprint density at radius 2 is 2.10 bits per heavy atom. The van der Waals surface area contributed by atoms with Crippen molar-refractivity contribution >= 4 is 5.97 Å². The second-order valence-electron chi connectivity index (χ2n) is 4.82. The molecule has 20 heavy (non-hydrogen) atoms. The predicted molar refractivity (Wildman–Crippen MR) is 75.7 cm³/mol. The third kappa shape index (κ3) is 2.66. The number of carbonyl (C=O) groups is 1. The molecular weight excluding hydrogens is 254 g/mol. The summed E-state index contributed by atoms with van der Waals surface area (Å²) >= 11 is 0. The van der Waals surface area contributed by atoms with E-state index in [9.17, 15) is 9.90 Å². The molecule has 2 aromatic heterocycles. The van der Waals surface area contributed by atoms with Gasteiger partial charge in [-0.05, 0) is 24.0 Å². The zero-order valence-electron chi connectivity index (χ0n) is 11.8. The van der Waals surface area contributed by atoms with Gasteiger partial charge in [-0.15, -0.1) is 0 Å². The first-order valence-corrected chi connectivity index (χ1v) is 6.59. The van der Waals surface area contributed by atoms with E-state index in [1.165, 1.54) is 6.20 Å². The van der Waals surface area contributed by atoms with Gasteiger partial charge in [0.25, 0.3) is 0 Å². The molecule has 0 amide bonds. The van der Waals surface area contributed by atoms with Crippen LogP contribution < -0.4 is 0 Å². The van der Waals surface area contributed by atoms with Crippen molar-refractivity contribution in [1.29, 1.82) is 0 Å². The topological polar surface area (TPSA) is 76.0 Å². The van der Waals surface area contributed by atoms with Gasteiger partial charge in [-0.25, -0.2) is 14.8 Å². The van der Waals surface area contributed by atoms with Crippen LogP contribution in [0.15, 0.2) is 24.5 Å². The molecule has 0 spiro atoms. The Balaban J connectivity index is 2.59. The van der Waals surface area contributed by atoms with E-state index in [1.54, 1.807) is 6.20 Å². The number of carboxylic acid groups (broad SMARTS) is 1. The lowest BCUT2D eigenvalue weighted by atomic mass is 10.0. The molecule has 5 heteroatoms. The first-order chi connectivity index (χ1) is 9.54. The zero-order chi connectivity index (χ0) is 14.7. The lowest BCUT2D eigenvalue weighted by molar-refractivity contribution is 0.0694. The lowest BCUT2D eigenvalue weighted by Gasteiger charge is -2.11. The smallest absolute Gasteiger partial charge is 0.339 e. The molecule has 0 radical (unpaired) electrons. The van der Waals surface area contributed by atoms with Crippen molar-refractivity contribution in [2.45, 2.75) is 33.1 Å². The summed E-state index contributed by atoms with van der Waals surface area (Å²) in [5.41, 5.74) is 2.45. The van der Waals surface area contributed by atoms with Crippen LogP contribution in [-0.2, 0) is 6.42 Å². The third-order valence-corrected chi connectivity index (χ3v) is 3.08. The minimum absolute atomic E-state index is 0.0108. The Morgan fingerprint density at radius 1 is 1.35 bits per heavy atom. The summed E-state index contributed by atoms with van der Waals surface area (Å²) in [4.78, 5) is 24.1. The number of hydrogen-bond acceptors (Lipinski definition) is 4. The van der Waals surface area contributed by atoms with Gasteiger partial charge >= 0.3 is 5.97 Å². The summed E-state index contributed by atoms with van der Waals surface area (Å²) in [6, 6.07) is 3.85. The van der Waals surface area contributed by atoms with Gasteiger partial charge in [-0.3, -0.25) is 4.98 Å². The maximum atomic E-state index is 11.2. The van der Waals surface area contributed by atoms with Crippen LogP contribution in [0.4, 0.5) is 0 Å². The van der Waals surface area contributed by atoms with Crippen molar-refractivity contribution in [2.24, 2.45) is 0 Å². The van der Waals surface area contributed by atoms with E-state index in [4.69, 9.17) is 0 Å². The quantitative estimate of drug-likeness (QED) is 0.925.